The summed E-state index contributed by atoms with van der Waals surface area (Å²) in [6.07, 6.45) is 0.947. The van der Waals surface area contributed by atoms with Gasteiger partial charge in [0.2, 0.25) is 5.91 Å². The van der Waals surface area contributed by atoms with Crippen molar-refractivity contribution in [2.75, 3.05) is 6.54 Å². The van der Waals surface area contributed by atoms with Crippen molar-refractivity contribution >= 4 is 5.91 Å². The van der Waals surface area contributed by atoms with Gasteiger partial charge in [-0.2, -0.15) is 0 Å². The Kier molecular flexibility index (Phi) is 5.15. The molecule has 5 nitrogen and oxygen atoms in total. The summed E-state index contributed by atoms with van der Waals surface area (Å²) in [5, 5.41) is 9.89. The highest BCUT2D eigenvalue weighted by Gasteiger charge is 2.14. The molecule has 1 aromatic rings. The van der Waals surface area contributed by atoms with Gasteiger partial charge in [0.05, 0.1) is 11.7 Å². The molecule has 96 valence electrons. The molecule has 0 fully saturated rings. The largest absolute Gasteiger partial charge is 0.361 e. The molecule has 1 heterocycles. The Hall–Kier alpha value is -1.36. The molecule has 0 aromatic carbocycles. The number of nitrogens with one attached hydrogen (secondary N) is 2. The summed E-state index contributed by atoms with van der Waals surface area (Å²) >= 11 is 0. The first-order valence-electron chi connectivity index (χ1n) is 5.99. The molecule has 0 saturated heterocycles. The van der Waals surface area contributed by atoms with E-state index in [9.17, 15) is 4.79 Å². The molecule has 0 aliphatic rings. The lowest BCUT2D eigenvalue weighted by Crippen LogP contribution is -2.42. The lowest BCUT2D eigenvalue weighted by molar-refractivity contribution is -0.122. The third-order valence-electron chi connectivity index (χ3n) is 2.71. The minimum Gasteiger partial charge on any atom is -0.361 e. The van der Waals surface area contributed by atoms with Crippen molar-refractivity contribution < 1.29 is 9.32 Å². The first-order valence-corrected chi connectivity index (χ1v) is 5.99. The van der Waals surface area contributed by atoms with Crippen LogP contribution in [0.2, 0.25) is 0 Å². The lowest BCUT2D eigenvalue weighted by atomic mass is 10.2. The van der Waals surface area contributed by atoms with E-state index in [4.69, 9.17) is 4.52 Å². The van der Waals surface area contributed by atoms with Gasteiger partial charge in [-0.05, 0) is 27.2 Å². The molecule has 0 saturated carbocycles. The van der Waals surface area contributed by atoms with Crippen molar-refractivity contribution in [3.63, 3.8) is 0 Å². The highest BCUT2D eigenvalue weighted by molar-refractivity contribution is 5.81. The third-order valence-corrected chi connectivity index (χ3v) is 2.71. The number of aromatic nitrogens is 1. The van der Waals surface area contributed by atoms with E-state index in [0.717, 1.165) is 30.0 Å². The molecule has 1 rings (SSSR count). The molecular weight excluding hydrogens is 218 g/mol. The third kappa shape index (κ3) is 3.85. The maximum absolute atomic E-state index is 11.6. The monoisotopic (exact) mass is 239 g/mol. The van der Waals surface area contributed by atoms with Gasteiger partial charge >= 0.3 is 0 Å². The van der Waals surface area contributed by atoms with Gasteiger partial charge in [-0.15, -0.1) is 0 Å². The lowest BCUT2D eigenvalue weighted by Gasteiger charge is -2.13. The van der Waals surface area contributed by atoms with Gasteiger partial charge in [0, 0.05) is 18.7 Å². The van der Waals surface area contributed by atoms with Gasteiger partial charge in [0.15, 0.2) is 0 Å². The normalized spacial score (nSPS) is 12.5. The van der Waals surface area contributed by atoms with Crippen LogP contribution in [0.1, 0.15) is 37.3 Å². The van der Waals surface area contributed by atoms with Gasteiger partial charge in [0.25, 0.3) is 0 Å². The van der Waals surface area contributed by atoms with Crippen molar-refractivity contribution in [2.45, 2.75) is 46.7 Å². The van der Waals surface area contributed by atoms with Crippen LogP contribution in [0.15, 0.2) is 4.52 Å². The second-order valence-electron chi connectivity index (χ2n) is 4.20. The van der Waals surface area contributed by atoms with Gasteiger partial charge in [-0.3, -0.25) is 4.79 Å². The second-order valence-corrected chi connectivity index (χ2v) is 4.20. The molecular formula is C12H21N3O2. The fourth-order valence-corrected chi connectivity index (χ4v) is 1.50. The van der Waals surface area contributed by atoms with Crippen LogP contribution in [0.3, 0.4) is 0 Å². The minimum atomic E-state index is -0.213. The summed E-state index contributed by atoms with van der Waals surface area (Å²) < 4.78 is 5.06. The van der Waals surface area contributed by atoms with E-state index in [0.29, 0.717) is 6.54 Å². The standard InChI is InChI=1S/C12H21N3O2/c1-5-6-13-12(16)9(3)14-7-11-8(2)15-17-10(11)4/h9,14H,5-7H2,1-4H3,(H,13,16). The Morgan fingerprint density at radius 2 is 2.18 bits per heavy atom. The number of carbonyl (C=O) groups excluding carboxylic acids is 1. The average Bonchev–Trinajstić information content (AvgIpc) is 2.63. The van der Waals surface area contributed by atoms with Gasteiger partial charge in [-0.25, -0.2) is 0 Å². The first-order chi connectivity index (χ1) is 8.06. The van der Waals surface area contributed by atoms with Crippen LogP contribution >= 0.6 is 0 Å². The van der Waals surface area contributed by atoms with E-state index in [1.807, 2.05) is 27.7 Å². The molecule has 0 radical (unpaired) electrons. The number of rotatable bonds is 6. The zero-order valence-electron chi connectivity index (χ0n) is 11.0. The van der Waals surface area contributed by atoms with Gasteiger partial charge in [-0.1, -0.05) is 12.1 Å². The van der Waals surface area contributed by atoms with Crippen LogP contribution in [0.25, 0.3) is 0 Å². The maximum atomic E-state index is 11.6. The Morgan fingerprint density at radius 1 is 1.47 bits per heavy atom. The molecule has 0 aliphatic heterocycles. The number of aryl methyl sites for hydroxylation is 2. The number of hydrogen-bond acceptors (Lipinski definition) is 4. The highest BCUT2D eigenvalue weighted by Crippen LogP contribution is 2.11. The predicted octanol–water partition coefficient (Wildman–Crippen LogP) is 1.30. The molecule has 1 aromatic heterocycles. The predicted molar refractivity (Wildman–Crippen MR) is 65.6 cm³/mol. The van der Waals surface area contributed by atoms with Gasteiger partial charge in [0.1, 0.15) is 5.76 Å². The zero-order chi connectivity index (χ0) is 12.8. The van der Waals surface area contributed by atoms with Crippen LogP contribution in [0.4, 0.5) is 0 Å². The first kappa shape index (κ1) is 13.7. The summed E-state index contributed by atoms with van der Waals surface area (Å²) in [6.45, 7) is 8.97. The van der Waals surface area contributed by atoms with Crippen molar-refractivity contribution in [3.05, 3.63) is 17.0 Å². The fraction of sp³-hybridized carbons (Fsp3) is 0.667. The second kappa shape index (κ2) is 6.39. The number of hydrogen-bond donors (Lipinski definition) is 2. The SMILES string of the molecule is CCCNC(=O)C(C)NCc1c(C)noc1C. The molecule has 0 spiro atoms. The van der Waals surface area contributed by atoms with Gasteiger partial charge < -0.3 is 15.2 Å². The van der Waals surface area contributed by atoms with Crippen molar-refractivity contribution in [3.8, 4) is 0 Å². The Bertz CT molecular complexity index is 354. The smallest absolute Gasteiger partial charge is 0.236 e. The average molecular weight is 239 g/mol. The molecule has 5 heteroatoms. The highest BCUT2D eigenvalue weighted by atomic mass is 16.5. The molecule has 1 atom stereocenters. The molecule has 1 amide bonds. The fourth-order valence-electron chi connectivity index (χ4n) is 1.50. The van der Waals surface area contributed by atoms with Crippen molar-refractivity contribution in [1.82, 2.24) is 15.8 Å². The molecule has 2 N–H and O–H groups in total. The van der Waals surface area contributed by atoms with E-state index in [2.05, 4.69) is 15.8 Å². The number of amides is 1. The van der Waals surface area contributed by atoms with Crippen LogP contribution in [0, 0.1) is 13.8 Å². The molecule has 17 heavy (non-hydrogen) atoms. The van der Waals surface area contributed by atoms with Crippen molar-refractivity contribution in [2.24, 2.45) is 0 Å². The van der Waals surface area contributed by atoms with Crippen LogP contribution < -0.4 is 10.6 Å². The van der Waals surface area contributed by atoms with Crippen LogP contribution in [-0.2, 0) is 11.3 Å². The summed E-state index contributed by atoms with van der Waals surface area (Å²) in [4.78, 5) is 11.6. The number of nitrogens with zero attached hydrogens (tertiary/aromatic N) is 1. The Balaban J connectivity index is 2.43. The van der Waals surface area contributed by atoms with E-state index < -0.39 is 0 Å². The minimum absolute atomic E-state index is 0.0265. The van der Waals surface area contributed by atoms with Crippen molar-refractivity contribution in [1.29, 1.82) is 0 Å². The molecule has 0 bridgehead atoms. The van der Waals surface area contributed by atoms with E-state index >= 15 is 0 Å². The summed E-state index contributed by atoms with van der Waals surface area (Å²) in [6, 6.07) is -0.213. The topological polar surface area (TPSA) is 67.2 Å². The van der Waals surface area contributed by atoms with Crippen LogP contribution in [-0.4, -0.2) is 23.7 Å². The van der Waals surface area contributed by atoms with E-state index in [1.54, 1.807) is 0 Å². The quantitative estimate of drug-likeness (QED) is 0.785. The summed E-state index contributed by atoms with van der Waals surface area (Å²) in [5.74, 6) is 0.828. The van der Waals surface area contributed by atoms with Crippen LogP contribution in [0.5, 0.6) is 0 Å². The summed E-state index contributed by atoms with van der Waals surface area (Å²) in [7, 11) is 0. The molecule has 0 aliphatic carbocycles. The van der Waals surface area contributed by atoms with E-state index in [1.165, 1.54) is 0 Å². The maximum Gasteiger partial charge on any atom is 0.236 e. The summed E-state index contributed by atoms with van der Waals surface area (Å²) in [5.41, 5.74) is 1.90. The molecule has 1 unspecified atom stereocenters. The zero-order valence-corrected chi connectivity index (χ0v) is 11.0. The van der Waals surface area contributed by atoms with E-state index in [-0.39, 0.29) is 11.9 Å². The Labute approximate surface area is 102 Å². The number of carbonyl (C=O) groups is 1. The Morgan fingerprint density at radius 3 is 2.71 bits per heavy atom.